The molecule has 0 unspecified atom stereocenters. The van der Waals surface area contributed by atoms with Crippen molar-refractivity contribution in [3.63, 3.8) is 0 Å². The largest absolute Gasteiger partial charge is 0.315 e. The van der Waals surface area contributed by atoms with Crippen LogP contribution in [-0.2, 0) is 0 Å². The fraction of sp³-hybridized carbons (Fsp3) is 0.0400. The molecule has 3 aromatic carbocycles. The van der Waals surface area contributed by atoms with E-state index in [4.69, 9.17) is 0 Å². The molecule has 0 aliphatic heterocycles. The molecule has 0 bridgehead atoms. The van der Waals surface area contributed by atoms with Gasteiger partial charge in [0, 0.05) is 17.0 Å². The average Bonchev–Trinajstić information content (AvgIpc) is 2.99. The van der Waals surface area contributed by atoms with Crippen LogP contribution in [0, 0.1) is 6.92 Å². The van der Waals surface area contributed by atoms with Crippen molar-refractivity contribution in [3.05, 3.63) is 109 Å². The van der Waals surface area contributed by atoms with Crippen LogP contribution >= 0.6 is 0 Å². The highest BCUT2D eigenvalue weighted by molar-refractivity contribution is 6.10. The van der Waals surface area contributed by atoms with Crippen molar-refractivity contribution in [2.24, 2.45) is 0 Å². The number of nitrogens with zero attached hydrogens (tertiary/aromatic N) is 1. The fourth-order valence-corrected chi connectivity index (χ4v) is 3.44. The molecule has 0 amide bonds. The maximum absolute atomic E-state index is 3.82. The molecule has 0 aliphatic carbocycles. The zero-order valence-corrected chi connectivity index (χ0v) is 14.9. The van der Waals surface area contributed by atoms with E-state index in [9.17, 15) is 0 Å². The van der Waals surface area contributed by atoms with Gasteiger partial charge in [-0.15, -0.1) is 0 Å². The Labute approximate surface area is 154 Å². The van der Waals surface area contributed by atoms with Crippen LogP contribution in [0.4, 0.5) is 0 Å². The van der Waals surface area contributed by atoms with E-state index in [-0.39, 0.29) is 0 Å². The third-order valence-electron chi connectivity index (χ3n) is 4.65. The quantitative estimate of drug-likeness (QED) is 0.360. The second kappa shape index (κ2) is 6.89. The standard InChI is InChI=1S/C25H21N/c1-3-4-11-21(20-12-9-10-19(2)17-20)18-26-24-15-7-5-13-22(24)23-14-6-8-16-25(23)26/h3-18H,1H2,2H3/b11-4-,21-18+. The van der Waals surface area contributed by atoms with Gasteiger partial charge in [-0.05, 0) is 30.2 Å². The fourth-order valence-electron chi connectivity index (χ4n) is 3.44. The Balaban J connectivity index is 2.02. The summed E-state index contributed by atoms with van der Waals surface area (Å²) in [4.78, 5) is 0. The molecule has 0 saturated heterocycles. The zero-order chi connectivity index (χ0) is 17.9. The van der Waals surface area contributed by atoms with E-state index in [0.29, 0.717) is 0 Å². The first-order valence-electron chi connectivity index (χ1n) is 8.83. The monoisotopic (exact) mass is 335 g/mol. The van der Waals surface area contributed by atoms with Crippen LogP contribution in [0.2, 0.25) is 0 Å². The first kappa shape index (κ1) is 16.2. The van der Waals surface area contributed by atoms with Crippen LogP contribution in [0.25, 0.3) is 33.6 Å². The summed E-state index contributed by atoms with van der Waals surface area (Å²) in [7, 11) is 0. The lowest BCUT2D eigenvalue weighted by molar-refractivity contribution is 1.29. The lowest BCUT2D eigenvalue weighted by Gasteiger charge is -2.07. The van der Waals surface area contributed by atoms with E-state index in [1.54, 1.807) is 0 Å². The molecule has 26 heavy (non-hydrogen) atoms. The summed E-state index contributed by atoms with van der Waals surface area (Å²) in [5.74, 6) is 0. The van der Waals surface area contributed by atoms with E-state index in [2.05, 4.69) is 103 Å². The summed E-state index contributed by atoms with van der Waals surface area (Å²) in [6, 6.07) is 25.7. The Morgan fingerprint density at radius 1 is 0.846 bits per heavy atom. The number of aromatic nitrogens is 1. The van der Waals surface area contributed by atoms with Crippen LogP contribution in [0.15, 0.2) is 97.6 Å². The molecule has 1 heterocycles. The van der Waals surface area contributed by atoms with Gasteiger partial charge in [-0.1, -0.05) is 91.0 Å². The maximum Gasteiger partial charge on any atom is 0.0535 e. The van der Waals surface area contributed by atoms with Gasteiger partial charge in [-0.3, -0.25) is 0 Å². The summed E-state index contributed by atoms with van der Waals surface area (Å²) in [5, 5.41) is 2.55. The summed E-state index contributed by atoms with van der Waals surface area (Å²) in [6.07, 6.45) is 8.14. The van der Waals surface area contributed by atoms with Crippen molar-refractivity contribution in [2.45, 2.75) is 6.92 Å². The highest BCUT2D eigenvalue weighted by Gasteiger charge is 2.09. The summed E-state index contributed by atoms with van der Waals surface area (Å²) >= 11 is 0. The third-order valence-corrected chi connectivity index (χ3v) is 4.65. The van der Waals surface area contributed by atoms with E-state index < -0.39 is 0 Å². The first-order chi connectivity index (χ1) is 12.8. The molecule has 0 N–H and O–H groups in total. The highest BCUT2D eigenvalue weighted by Crippen LogP contribution is 2.30. The molecule has 126 valence electrons. The number of allylic oxidation sites excluding steroid dienone is 4. The van der Waals surface area contributed by atoms with Gasteiger partial charge < -0.3 is 4.57 Å². The number of rotatable bonds is 4. The SMILES string of the molecule is C=C/C=C\C(=C/n1c2ccccc2c2ccccc21)c1cccc(C)c1. The van der Waals surface area contributed by atoms with E-state index in [0.717, 1.165) is 5.57 Å². The van der Waals surface area contributed by atoms with Gasteiger partial charge in [0.15, 0.2) is 0 Å². The summed E-state index contributed by atoms with van der Waals surface area (Å²) in [5.41, 5.74) is 6.03. The minimum Gasteiger partial charge on any atom is -0.315 e. The molecule has 0 fully saturated rings. The average molecular weight is 335 g/mol. The number of benzene rings is 3. The van der Waals surface area contributed by atoms with Crippen molar-refractivity contribution < 1.29 is 0 Å². The molecule has 0 aliphatic rings. The van der Waals surface area contributed by atoms with Crippen molar-refractivity contribution in [2.75, 3.05) is 0 Å². The number of fused-ring (bicyclic) bond motifs is 3. The van der Waals surface area contributed by atoms with Gasteiger partial charge in [-0.2, -0.15) is 0 Å². The minimum absolute atomic E-state index is 1.15. The number of aryl methyl sites for hydroxylation is 1. The topological polar surface area (TPSA) is 4.93 Å². The highest BCUT2D eigenvalue weighted by atomic mass is 15.0. The molecule has 1 heteroatoms. The Morgan fingerprint density at radius 3 is 2.12 bits per heavy atom. The predicted molar refractivity (Wildman–Crippen MR) is 114 cm³/mol. The Hall–Kier alpha value is -3.32. The molecule has 4 rings (SSSR count). The molecule has 0 saturated carbocycles. The van der Waals surface area contributed by atoms with Gasteiger partial charge in [0.1, 0.15) is 0 Å². The summed E-state index contributed by atoms with van der Waals surface area (Å²) < 4.78 is 2.29. The Bertz CT molecular complexity index is 1100. The van der Waals surface area contributed by atoms with Gasteiger partial charge in [0.2, 0.25) is 0 Å². The smallest absolute Gasteiger partial charge is 0.0535 e. The third kappa shape index (κ3) is 2.89. The number of hydrogen-bond acceptors (Lipinski definition) is 0. The zero-order valence-electron chi connectivity index (χ0n) is 14.9. The molecular weight excluding hydrogens is 314 g/mol. The molecule has 0 spiro atoms. The maximum atomic E-state index is 3.82. The van der Waals surface area contributed by atoms with E-state index in [1.807, 2.05) is 12.2 Å². The van der Waals surface area contributed by atoms with Crippen LogP contribution in [0.3, 0.4) is 0 Å². The van der Waals surface area contributed by atoms with Crippen molar-refractivity contribution >= 4 is 33.6 Å². The van der Waals surface area contributed by atoms with Crippen molar-refractivity contribution in [3.8, 4) is 0 Å². The van der Waals surface area contributed by atoms with Crippen LogP contribution in [-0.4, -0.2) is 4.57 Å². The lowest BCUT2D eigenvalue weighted by atomic mass is 10.0. The lowest BCUT2D eigenvalue weighted by Crippen LogP contribution is -1.90. The molecule has 1 aromatic heterocycles. The van der Waals surface area contributed by atoms with Crippen LogP contribution in [0.1, 0.15) is 11.1 Å². The number of para-hydroxylation sites is 2. The van der Waals surface area contributed by atoms with Crippen molar-refractivity contribution in [1.29, 1.82) is 0 Å². The molecule has 0 radical (unpaired) electrons. The Kier molecular flexibility index (Phi) is 4.28. The second-order valence-corrected chi connectivity index (χ2v) is 6.45. The van der Waals surface area contributed by atoms with Gasteiger partial charge in [0.05, 0.1) is 11.0 Å². The molecule has 1 nitrogen and oxygen atoms in total. The molecule has 0 atom stereocenters. The van der Waals surface area contributed by atoms with E-state index in [1.165, 1.54) is 32.9 Å². The van der Waals surface area contributed by atoms with Gasteiger partial charge >= 0.3 is 0 Å². The number of hydrogen-bond donors (Lipinski definition) is 0. The van der Waals surface area contributed by atoms with Crippen LogP contribution < -0.4 is 0 Å². The Morgan fingerprint density at radius 2 is 1.50 bits per heavy atom. The second-order valence-electron chi connectivity index (χ2n) is 6.45. The predicted octanol–water partition coefficient (Wildman–Crippen LogP) is 6.84. The molecular formula is C25H21N. The minimum atomic E-state index is 1.15. The van der Waals surface area contributed by atoms with Crippen molar-refractivity contribution in [1.82, 2.24) is 4.57 Å². The first-order valence-corrected chi connectivity index (χ1v) is 8.83. The summed E-state index contributed by atoms with van der Waals surface area (Å²) in [6.45, 7) is 5.94. The van der Waals surface area contributed by atoms with Gasteiger partial charge in [0.25, 0.3) is 0 Å². The van der Waals surface area contributed by atoms with Crippen LogP contribution in [0.5, 0.6) is 0 Å². The van der Waals surface area contributed by atoms with Gasteiger partial charge in [-0.25, -0.2) is 0 Å². The molecule has 4 aromatic rings. The normalized spacial score (nSPS) is 12.3. The van der Waals surface area contributed by atoms with E-state index >= 15 is 0 Å².